The minimum atomic E-state index is -0.438. The number of hydrogen-bond acceptors (Lipinski definition) is 1. The molecule has 2 aromatic carbocycles. The van der Waals surface area contributed by atoms with Gasteiger partial charge in [-0.15, -0.1) is 0 Å². The molecule has 0 amide bonds. The third-order valence-electron chi connectivity index (χ3n) is 3.06. The first-order valence-electron chi connectivity index (χ1n) is 6.04. The predicted octanol–water partition coefficient (Wildman–Crippen LogP) is 0.343. The Kier molecular flexibility index (Phi) is 6.89. The predicted molar refractivity (Wildman–Crippen MR) is 79.8 cm³/mol. The highest BCUT2D eigenvalue weighted by Crippen LogP contribution is 2.34. The van der Waals surface area contributed by atoms with Gasteiger partial charge in [-0.2, -0.15) is 0 Å². The van der Waals surface area contributed by atoms with Crippen LogP contribution in [-0.2, 0) is 10.9 Å². The van der Waals surface area contributed by atoms with Crippen molar-refractivity contribution in [2.45, 2.75) is 11.4 Å². The molecule has 102 valence electrons. The van der Waals surface area contributed by atoms with E-state index in [-0.39, 0.29) is 40.1 Å². The molecule has 3 heteroatoms. The van der Waals surface area contributed by atoms with Gasteiger partial charge in [-0.1, -0.05) is 60.7 Å². The summed E-state index contributed by atoms with van der Waals surface area (Å²) in [7, 11) is 0.115. The molecule has 0 unspecified atom stereocenters. The minimum absolute atomic E-state index is 0. The second-order valence-corrected chi connectivity index (χ2v) is 6.83. The fourth-order valence-corrected chi connectivity index (χ4v) is 3.55. The molecule has 2 atom stereocenters. The molecule has 0 aliphatic carbocycles. The monoisotopic (exact) mass is 386 g/mol. The SMILES string of the molecule is C[S+](C)[C@@H](c1ccccc1)[C@H](O)c1ccccc1.[I-]. The number of rotatable bonds is 4. The van der Waals surface area contributed by atoms with E-state index in [0.717, 1.165) is 5.56 Å². The van der Waals surface area contributed by atoms with Crippen LogP contribution >= 0.6 is 0 Å². The lowest BCUT2D eigenvalue weighted by molar-refractivity contribution is -0.00000564. The normalized spacial score (nSPS) is 13.7. The van der Waals surface area contributed by atoms with Crippen LogP contribution in [0.1, 0.15) is 22.5 Å². The van der Waals surface area contributed by atoms with Gasteiger partial charge in [0, 0.05) is 5.56 Å². The maximum atomic E-state index is 10.6. The maximum absolute atomic E-state index is 10.6. The molecule has 0 saturated carbocycles. The van der Waals surface area contributed by atoms with Gasteiger partial charge >= 0.3 is 0 Å². The van der Waals surface area contributed by atoms with E-state index in [1.165, 1.54) is 5.56 Å². The third-order valence-corrected chi connectivity index (χ3v) is 4.61. The van der Waals surface area contributed by atoms with E-state index < -0.39 is 6.10 Å². The minimum Gasteiger partial charge on any atom is -1.00 e. The molecule has 1 N–H and O–H groups in total. The van der Waals surface area contributed by atoms with Crippen molar-refractivity contribution in [3.63, 3.8) is 0 Å². The summed E-state index contributed by atoms with van der Waals surface area (Å²) >= 11 is 0. The number of aliphatic hydroxyl groups excluding tert-OH is 1. The summed E-state index contributed by atoms with van der Waals surface area (Å²) in [5.74, 6) is 0. The number of benzene rings is 2. The Labute approximate surface area is 135 Å². The second-order valence-electron chi connectivity index (χ2n) is 4.57. The molecule has 0 fully saturated rings. The summed E-state index contributed by atoms with van der Waals surface area (Å²) in [5.41, 5.74) is 2.20. The number of aliphatic hydroxyl groups is 1. The zero-order valence-electron chi connectivity index (χ0n) is 11.2. The molecule has 0 radical (unpaired) electrons. The first-order chi connectivity index (χ1) is 8.70. The summed E-state index contributed by atoms with van der Waals surface area (Å²) in [5, 5.41) is 10.8. The lowest BCUT2D eigenvalue weighted by Crippen LogP contribution is -3.00. The highest BCUT2D eigenvalue weighted by Gasteiger charge is 2.32. The highest BCUT2D eigenvalue weighted by molar-refractivity contribution is 7.95. The van der Waals surface area contributed by atoms with Crippen molar-refractivity contribution in [2.24, 2.45) is 0 Å². The first-order valence-corrected chi connectivity index (χ1v) is 8.15. The molecule has 1 nitrogen and oxygen atoms in total. The van der Waals surface area contributed by atoms with Gasteiger partial charge < -0.3 is 29.1 Å². The van der Waals surface area contributed by atoms with E-state index in [2.05, 4.69) is 24.6 Å². The Hall–Kier alpha value is -0.520. The zero-order chi connectivity index (χ0) is 13.0. The van der Waals surface area contributed by atoms with Crippen LogP contribution in [0.5, 0.6) is 0 Å². The van der Waals surface area contributed by atoms with E-state index in [4.69, 9.17) is 0 Å². The van der Waals surface area contributed by atoms with E-state index in [9.17, 15) is 5.11 Å². The molecule has 0 spiro atoms. The van der Waals surface area contributed by atoms with Crippen molar-refractivity contribution in [1.82, 2.24) is 0 Å². The van der Waals surface area contributed by atoms with Crippen LogP contribution in [0.15, 0.2) is 60.7 Å². The molecule has 0 bridgehead atoms. The summed E-state index contributed by atoms with van der Waals surface area (Å²) in [6.07, 6.45) is 3.93. The Balaban J connectivity index is 0.00000180. The van der Waals surface area contributed by atoms with Gasteiger partial charge in [-0.05, 0) is 16.5 Å². The number of halogens is 1. The van der Waals surface area contributed by atoms with Crippen LogP contribution in [-0.4, -0.2) is 17.6 Å². The standard InChI is InChI=1S/C16H19OS.HI/c1-18(2)16(14-11-7-4-8-12-14)15(17)13-9-5-3-6-10-13;/h3-12,15-17H,1-2H3;1H/q+1;/p-1/t15-,16+;/m1./s1. The first kappa shape index (κ1) is 16.5. The molecule has 0 aromatic heterocycles. The van der Waals surface area contributed by atoms with Crippen LogP contribution in [0, 0.1) is 0 Å². The lowest BCUT2D eigenvalue weighted by Gasteiger charge is -2.20. The quantitative estimate of drug-likeness (QED) is 0.594. The Morgan fingerprint density at radius 3 is 1.63 bits per heavy atom. The average molecular weight is 386 g/mol. The van der Waals surface area contributed by atoms with E-state index in [1.54, 1.807) is 0 Å². The van der Waals surface area contributed by atoms with E-state index in [1.807, 2.05) is 48.5 Å². The van der Waals surface area contributed by atoms with Crippen LogP contribution in [0.25, 0.3) is 0 Å². The molecule has 2 rings (SSSR count). The molecule has 0 saturated heterocycles. The fraction of sp³-hybridized carbons (Fsp3) is 0.250. The fourth-order valence-electron chi connectivity index (χ4n) is 2.18. The van der Waals surface area contributed by atoms with Crippen molar-refractivity contribution in [2.75, 3.05) is 12.5 Å². The molecular formula is C16H19IOS. The van der Waals surface area contributed by atoms with E-state index >= 15 is 0 Å². The molecular weight excluding hydrogens is 367 g/mol. The Morgan fingerprint density at radius 2 is 1.21 bits per heavy atom. The highest BCUT2D eigenvalue weighted by atomic mass is 127. The van der Waals surface area contributed by atoms with Gasteiger partial charge in [-0.3, -0.25) is 0 Å². The summed E-state index contributed by atoms with van der Waals surface area (Å²) in [6.45, 7) is 0. The molecule has 0 aliphatic rings. The second kappa shape index (κ2) is 7.92. The molecule has 0 heterocycles. The van der Waals surface area contributed by atoms with Crippen LogP contribution in [0.4, 0.5) is 0 Å². The zero-order valence-corrected chi connectivity index (χ0v) is 14.1. The van der Waals surface area contributed by atoms with Crippen LogP contribution < -0.4 is 24.0 Å². The smallest absolute Gasteiger partial charge is 0.172 e. The van der Waals surface area contributed by atoms with Crippen LogP contribution in [0.3, 0.4) is 0 Å². The van der Waals surface area contributed by atoms with Gasteiger partial charge in [-0.25, -0.2) is 0 Å². The number of hydrogen-bond donors (Lipinski definition) is 1. The average Bonchev–Trinajstić information content (AvgIpc) is 2.40. The topological polar surface area (TPSA) is 20.2 Å². The van der Waals surface area contributed by atoms with Crippen molar-refractivity contribution in [3.8, 4) is 0 Å². The lowest BCUT2D eigenvalue weighted by atomic mass is 10.0. The van der Waals surface area contributed by atoms with Gasteiger partial charge in [0.05, 0.1) is 12.5 Å². The maximum Gasteiger partial charge on any atom is 0.172 e. The summed E-state index contributed by atoms with van der Waals surface area (Å²) < 4.78 is 0. The summed E-state index contributed by atoms with van der Waals surface area (Å²) in [4.78, 5) is 0. The van der Waals surface area contributed by atoms with Crippen molar-refractivity contribution >= 4 is 10.9 Å². The van der Waals surface area contributed by atoms with Gasteiger partial charge in [0.25, 0.3) is 0 Å². The van der Waals surface area contributed by atoms with Crippen molar-refractivity contribution in [3.05, 3.63) is 71.8 Å². The van der Waals surface area contributed by atoms with Crippen molar-refractivity contribution in [1.29, 1.82) is 0 Å². The third kappa shape index (κ3) is 4.23. The van der Waals surface area contributed by atoms with Gasteiger partial charge in [0.15, 0.2) is 5.25 Å². The Bertz CT molecular complexity index is 473. The van der Waals surface area contributed by atoms with Crippen molar-refractivity contribution < 1.29 is 29.1 Å². The van der Waals surface area contributed by atoms with Gasteiger partial charge in [0.2, 0.25) is 0 Å². The van der Waals surface area contributed by atoms with E-state index in [0.29, 0.717) is 0 Å². The largest absolute Gasteiger partial charge is 1.00 e. The molecule has 19 heavy (non-hydrogen) atoms. The summed E-state index contributed by atoms with van der Waals surface area (Å²) in [6, 6.07) is 20.2. The Morgan fingerprint density at radius 1 is 0.789 bits per heavy atom. The molecule has 0 aliphatic heterocycles. The van der Waals surface area contributed by atoms with Crippen LogP contribution in [0.2, 0.25) is 0 Å². The molecule has 2 aromatic rings. The van der Waals surface area contributed by atoms with Gasteiger partial charge in [0.1, 0.15) is 6.10 Å².